The van der Waals surface area contributed by atoms with Crippen molar-refractivity contribution in [2.24, 2.45) is 0 Å². The lowest BCUT2D eigenvalue weighted by molar-refractivity contribution is 0.0594. The van der Waals surface area contributed by atoms with Crippen LogP contribution in [0.25, 0.3) is 0 Å². The number of hydrogen-bond donors (Lipinski definition) is 2. The monoisotopic (exact) mass is 229 g/mol. The molecule has 2 N–H and O–H groups in total. The fourth-order valence-electron chi connectivity index (χ4n) is 0.241. The normalized spacial score (nSPS) is 11.0. The Labute approximate surface area is 61.6 Å². The molecular formula is C4H8INO2. The molecule has 8 heavy (non-hydrogen) atoms. The van der Waals surface area contributed by atoms with Crippen molar-refractivity contribution in [3.05, 3.63) is 0 Å². The molecule has 0 rings (SSSR count). The predicted octanol–water partition coefficient (Wildman–Crippen LogP) is 0.859. The topological polar surface area (TPSA) is 49.3 Å². The second-order valence-electron chi connectivity index (χ2n) is 1.96. The molecule has 0 fully saturated rings. The number of hydrogen-bond acceptors (Lipinski definition) is 2. The van der Waals surface area contributed by atoms with Gasteiger partial charge in [-0.15, -0.1) is 0 Å². The Bertz CT molecular complexity index is 96.7. The van der Waals surface area contributed by atoms with Gasteiger partial charge in [-0.1, -0.05) is 0 Å². The van der Waals surface area contributed by atoms with E-state index in [-0.39, 0.29) is 3.91 Å². The first-order valence-corrected chi connectivity index (χ1v) is 3.20. The zero-order valence-corrected chi connectivity index (χ0v) is 6.89. The Balaban J connectivity index is 3.55. The first-order valence-electron chi connectivity index (χ1n) is 2.12. The number of rotatable bonds is 1. The van der Waals surface area contributed by atoms with E-state index in [2.05, 4.69) is 5.32 Å². The summed E-state index contributed by atoms with van der Waals surface area (Å²) in [5, 5.41) is 11.1. The van der Waals surface area contributed by atoms with E-state index in [1.165, 1.54) is 13.8 Å². The van der Waals surface area contributed by atoms with Gasteiger partial charge in [-0.3, -0.25) is 4.79 Å². The van der Waals surface area contributed by atoms with Gasteiger partial charge in [0.2, 0.25) is 0 Å². The molecule has 48 valence electrons. The minimum absolute atomic E-state index is 0.255. The number of halogens is 1. The minimum atomic E-state index is -1.09. The van der Waals surface area contributed by atoms with Crippen LogP contribution in [-0.4, -0.2) is 14.7 Å². The lowest BCUT2D eigenvalue weighted by atomic mass is 10.3. The van der Waals surface area contributed by atoms with Gasteiger partial charge in [0.15, 0.2) is 0 Å². The van der Waals surface area contributed by atoms with Crippen LogP contribution in [0.3, 0.4) is 0 Å². The summed E-state index contributed by atoms with van der Waals surface area (Å²) in [6.45, 7) is 3.01. The van der Waals surface area contributed by atoms with E-state index in [0.29, 0.717) is 0 Å². The average molecular weight is 229 g/mol. The van der Waals surface area contributed by atoms with Crippen LogP contribution in [0.15, 0.2) is 0 Å². The molecule has 0 aromatic rings. The molecule has 0 unspecified atom stereocenters. The maximum atomic E-state index is 10.2. The van der Waals surface area contributed by atoms with E-state index in [9.17, 15) is 4.79 Å². The summed E-state index contributed by atoms with van der Waals surface area (Å²) in [7, 11) is 0. The highest BCUT2D eigenvalue weighted by Gasteiger charge is 2.12. The first-order chi connectivity index (χ1) is 3.42. The van der Waals surface area contributed by atoms with Crippen molar-refractivity contribution >= 4 is 26.5 Å². The fourth-order valence-corrected chi connectivity index (χ4v) is 0.900. The molecule has 0 aliphatic heterocycles. The smallest absolute Gasteiger partial charge is 0.282 e. The maximum absolute atomic E-state index is 10.2. The number of carbonyl (C=O) groups is 1. The molecule has 1 amide bonds. The third-order valence-electron chi connectivity index (χ3n) is 0.404. The van der Waals surface area contributed by atoms with Gasteiger partial charge in [0, 0.05) is 22.6 Å². The van der Waals surface area contributed by atoms with Gasteiger partial charge >= 0.3 is 0 Å². The van der Waals surface area contributed by atoms with Gasteiger partial charge in [0.05, 0.1) is 0 Å². The third kappa shape index (κ3) is 6.16. The summed E-state index contributed by atoms with van der Waals surface area (Å²) < 4.78 is -0.255. The van der Waals surface area contributed by atoms with Gasteiger partial charge in [0.1, 0.15) is 5.72 Å². The van der Waals surface area contributed by atoms with Gasteiger partial charge in [-0.25, -0.2) is 0 Å². The van der Waals surface area contributed by atoms with E-state index >= 15 is 0 Å². The number of amides is 1. The van der Waals surface area contributed by atoms with Crippen molar-refractivity contribution in [2.75, 3.05) is 0 Å². The highest BCUT2D eigenvalue weighted by Crippen LogP contribution is 1.96. The average Bonchev–Trinajstić information content (AvgIpc) is 1.21. The molecular weight excluding hydrogens is 221 g/mol. The van der Waals surface area contributed by atoms with Gasteiger partial charge < -0.3 is 10.4 Å². The molecule has 0 aliphatic carbocycles. The van der Waals surface area contributed by atoms with E-state index in [4.69, 9.17) is 5.11 Å². The van der Waals surface area contributed by atoms with Gasteiger partial charge in [-0.2, -0.15) is 0 Å². The van der Waals surface area contributed by atoms with Crippen LogP contribution >= 0.6 is 22.6 Å². The van der Waals surface area contributed by atoms with Crippen LogP contribution in [0, 0.1) is 0 Å². The largest absolute Gasteiger partial charge is 0.372 e. The lowest BCUT2D eigenvalue weighted by Crippen LogP contribution is -2.39. The molecule has 0 heterocycles. The zero-order valence-electron chi connectivity index (χ0n) is 4.73. The van der Waals surface area contributed by atoms with Crippen molar-refractivity contribution in [3.63, 3.8) is 0 Å². The van der Waals surface area contributed by atoms with E-state index in [1.807, 2.05) is 0 Å². The lowest BCUT2D eigenvalue weighted by Gasteiger charge is -2.16. The molecule has 0 aromatic heterocycles. The summed E-state index contributed by atoms with van der Waals surface area (Å²) in [5.74, 6) is 0. The van der Waals surface area contributed by atoms with Crippen LogP contribution in [-0.2, 0) is 0 Å². The highest BCUT2D eigenvalue weighted by atomic mass is 127. The van der Waals surface area contributed by atoms with E-state index in [0.717, 1.165) is 0 Å². The maximum Gasteiger partial charge on any atom is 0.282 e. The summed E-state index contributed by atoms with van der Waals surface area (Å²) in [6, 6.07) is 0. The summed E-state index contributed by atoms with van der Waals surface area (Å²) >= 11 is 1.56. The Morgan fingerprint density at radius 1 is 1.75 bits per heavy atom. The third-order valence-corrected chi connectivity index (χ3v) is 0.674. The molecule has 0 saturated heterocycles. The molecule has 0 saturated carbocycles. The first kappa shape index (κ1) is 8.16. The standard InChI is InChI=1S/C4H8INO2/c1-4(2,8)6-3(5)7/h8H,1-2H3,(H,6,7). The number of carbonyl (C=O) groups excluding carboxylic acids is 1. The molecule has 0 spiro atoms. The predicted molar refractivity (Wildman–Crippen MR) is 38.8 cm³/mol. The Hall–Kier alpha value is 0.160. The number of nitrogens with one attached hydrogen (secondary N) is 1. The Morgan fingerprint density at radius 2 is 2.12 bits per heavy atom. The second-order valence-corrected chi connectivity index (χ2v) is 2.94. The van der Waals surface area contributed by atoms with Crippen LogP contribution in [0.4, 0.5) is 4.79 Å². The van der Waals surface area contributed by atoms with Gasteiger partial charge in [0.25, 0.3) is 3.91 Å². The minimum Gasteiger partial charge on any atom is -0.372 e. The Morgan fingerprint density at radius 3 is 2.12 bits per heavy atom. The summed E-state index contributed by atoms with van der Waals surface area (Å²) in [6.07, 6.45) is 0. The highest BCUT2D eigenvalue weighted by molar-refractivity contribution is 14.1. The Kier molecular flexibility index (Phi) is 2.68. The van der Waals surface area contributed by atoms with Crippen molar-refractivity contribution in [1.82, 2.24) is 5.32 Å². The van der Waals surface area contributed by atoms with E-state index in [1.54, 1.807) is 22.6 Å². The molecule has 0 radical (unpaired) electrons. The fraction of sp³-hybridized carbons (Fsp3) is 0.750. The molecule has 3 nitrogen and oxygen atoms in total. The molecule has 0 atom stereocenters. The molecule has 0 aliphatic rings. The van der Waals surface area contributed by atoms with Crippen LogP contribution in [0.2, 0.25) is 0 Å². The van der Waals surface area contributed by atoms with Crippen molar-refractivity contribution in [2.45, 2.75) is 19.6 Å². The van der Waals surface area contributed by atoms with Crippen LogP contribution < -0.4 is 5.32 Å². The zero-order chi connectivity index (χ0) is 6.78. The van der Waals surface area contributed by atoms with Crippen molar-refractivity contribution < 1.29 is 9.90 Å². The van der Waals surface area contributed by atoms with Gasteiger partial charge in [-0.05, 0) is 13.8 Å². The quantitative estimate of drug-likeness (QED) is 0.303. The number of aliphatic hydroxyl groups is 1. The van der Waals surface area contributed by atoms with Crippen molar-refractivity contribution in [1.29, 1.82) is 0 Å². The van der Waals surface area contributed by atoms with E-state index < -0.39 is 5.72 Å². The molecule has 0 aromatic carbocycles. The van der Waals surface area contributed by atoms with Crippen LogP contribution in [0.1, 0.15) is 13.8 Å². The molecule has 4 heteroatoms. The summed E-state index contributed by atoms with van der Waals surface area (Å²) in [5.41, 5.74) is -1.09. The van der Waals surface area contributed by atoms with Crippen molar-refractivity contribution in [3.8, 4) is 0 Å². The van der Waals surface area contributed by atoms with Crippen LogP contribution in [0.5, 0.6) is 0 Å². The SMILES string of the molecule is CC(C)(O)NC(=O)I. The second kappa shape index (κ2) is 2.63. The molecule has 0 bridgehead atoms. The summed E-state index contributed by atoms with van der Waals surface area (Å²) in [4.78, 5) is 10.2.